The van der Waals surface area contributed by atoms with Crippen molar-refractivity contribution in [3.8, 4) is 5.75 Å². The predicted octanol–water partition coefficient (Wildman–Crippen LogP) is 3.75. The second-order valence-corrected chi connectivity index (χ2v) is 6.63. The van der Waals surface area contributed by atoms with Crippen LogP contribution in [-0.4, -0.2) is 13.0 Å². The fourth-order valence-corrected chi connectivity index (χ4v) is 3.74. The Hall–Kier alpha value is -1.03. The standard InChI is InChI=1S/C15H18BrNO2/c1-8-3-12(16)7-13(19-2)14(8)17-15(18)11-5-9-4-10(9)6-11/h3,7,9-11H,4-6H2,1-2H3,(H,17,18). The predicted molar refractivity (Wildman–Crippen MR) is 78.4 cm³/mol. The monoisotopic (exact) mass is 323 g/mol. The highest BCUT2D eigenvalue weighted by Gasteiger charge is 2.48. The zero-order valence-electron chi connectivity index (χ0n) is 11.2. The molecule has 19 heavy (non-hydrogen) atoms. The van der Waals surface area contributed by atoms with Crippen LogP contribution in [0, 0.1) is 24.7 Å². The Morgan fingerprint density at radius 3 is 2.63 bits per heavy atom. The van der Waals surface area contributed by atoms with Gasteiger partial charge in [0.15, 0.2) is 0 Å². The average molecular weight is 324 g/mol. The van der Waals surface area contributed by atoms with E-state index in [-0.39, 0.29) is 11.8 Å². The fourth-order valence-electron chi connectivity index (χ4n) is 3.19. The Labute approximate surface area is 121 Å². The van der Waals surface area contributed by atoms with E-state index in [1.807, 2.05) is 19.1 Å². The van der Waals surface area contributed by atoms with Gasteiger partial charge in [0.1, 0.15) is 5.75 Å². The molecule has 0 aromatic heterocycles. The van der Waals surface area contributed by atoms with Crippen molar-refractivity contribution in [2.24, 2.45) is 17.8 Å². The third-order valence-electron chi connectivity index (χ3n) is 4.35. The van der Waals surface area contributed by atoms with Gasteiger partial charge in [-0.15, -0.1) is 0 Å². The molecule has 1 N–H and O–H groups in total. The Morgan fingerprint density at radius 1 is 1.32 bits per heavy atom. The lowest BCUT2D eigenvalue weighted by atomic mass is 10.0. The maximum absolute atomic E-state index is 12.3. The molecule has 2 saturated carbocycles. The number of ether oxygens (including phenoxy) is 1. The van der Waals surface area contributed by atoms with Gasteiger partial charge in [0.25, 0.3) is 0 Å². The summed E-state index contributed by atoms with van der Waals surface area (Å²) < 4.78 is 6.32. The SMILES string of the molecule is COc1cc(Br)cc(C)c1NC(=O)C1CC2CC2C1. The number of carbonyl (C=O) groups excluding carboxylic acids is 1. The summed E-state index contributed by atoms with van der Waals surface area (Å²) in [4.78, 5) is 12.3. The summed E-state index contributed by atoms with van der Waals surface area (Å²) in [6.45, 7) is 1.98. The van der Waals surface area contributed by atoms with Crippen molar-refractivity contribution in [2.75, 3.05) is 12.4 Å². The number of aryl methyl sites for hydroxylation is 1. The van der Waals surface area contributed by atoms with E-state index < -0.39 is 0 Å². The molecule has 2 fully saturated rings. The summed E-state index contributed by atoms with van der Waals surface area (Å²) in [5.41, 5.74) is 1.82. The molecule has 0 aliphatic heterocycles. The molecule has 2 aliphatic rings. The van der Waals surface area contributed by atoms with Crippen LogP contribution >= 0.6 is 15.9 Å². The van der Waals surface area contributed by atoms with Gasteiger partial charge in [-0.3, -0.25) is 4.79 Å². The van der Waals surface area contributed by atoms with Crippen LogP contribution in [-0.2, 0) is 4.79 Å². The zero-order chi connectivity index (χ0) is 13.6. The van der Waals surface area contributed by atoms with Crippen LogP contribution in [0.2, 0.25) is 0 Å². The van der Waals surface area contributed by atoms with E-state index in [0.29, 0.717) is 5.75 Å². The highest BCUT2D eigenvalue weighted by molar-refractivity contribution is 9.10. The molecular formula is C15H18BrNO2. The first-order chi connectivity index (χ1) is 9.08. The van der Waals surface area contributed by atoms with Gasteiger partial charge in [-0.05, 0) is 55.7 Å². The highest BCUT2D eigenvalue weighted by atomic mass is 79.9. The van der Waals surface area contributed by atoms with E-state index in [0.717, 1.165) is 40.4 Å². The van der Waals surface area contributed by atoms with E-state index in [4.69, 9.17) is 4.74 Å². The molecule has 0 saturated heterocycles. The van der Waals surface area contributed by atoms with Crippen molar-refractivity contribution in [2.45, 2.75) is 26.2 Å². The summed E-state index contributed by atoms with van der Waals surface area (Å²) >= 11 is 3.44. The highest BCUT2D eigenvalue weighted by Crippen LogP contribution is 2.54. The van der Waals surface area contributed by atoms with E-state index in [1.54, 1.807) is 7.11 Å². The fraction of sp³-hybridized carbons (Fsp3) is 0.533. The number of hydrogen-bond acceptors (Lipinski definition) is 2. The van der Waals surface area contributed by atoms with E-state index in [1.165, 1.54) is 6.42 Å². The first-order valence-corrected chi connectivity index (χ1v) is 7.52. The smallest absolute Gasteiger partial charge is 0.227 e. The van der Waals surface area contributed by atoms with E-state index >= 15 is 0 Å². The van der Waals surface area contributed by atoms with Gasteiger partial charge in [0.05, 0.1) is 12.8 Å². The third kappa shape index (κ3) is 2.50. The normalized spacial score (nSPS) is 27.8. The minimum absolute atomic E-state index is 0.149. The Morgan fingerprint density at radius 2 is 2.00 bits per heavy atom. The van der Waals surface area contributed by atoms with Crippen LogP contribution in [0.25, 0.3) is 0 Å². The lowest BCUT2D eigenvalue weighted by molar-refractivity contribution is -0.120. The average Bonchev–Trinajstić information content (AvgIpc) is 2.98. The van der Waals surface area contributed by atoms with Gasteiger partial charge in [-0.2, -0.15) is 0 Å². The van der Waals surface area contributed by atoms with Crippen LogP contribution in [0.5, 0.6) is 5.75 Å². The lowest BCUT2D eigenvalue weighted by Gasteiger charge is -2.17. The Balaban J connectivity index is 1.76. The molecule has 0 bridgehead atoms. The second-order valence-electron chi connectivity index (χ2n) is 5.71. The molecule has 0 heterocycles. The first-order valence-electron chi connectivity index (χ1n) is 6.73. The van der Waals surface area contributed by atoms with Crippen molar-refractivity contribution in [3.63, 3.8) is 0 Å². The molecule has 4 heteroatoms. The molecule has 3 rings (SSSR count). The van der Waals surface area contributed by atoms with E-state index in [2.05, 4.69) is 21.2 Å². The number of benzene rings is 1. The molecule has 1 amide bonds. The van der Waals surface area contributed by atoms with Crippen LogP contribution < -0.4 is 10.1 Å². The largest absolute Gasteiger partial charge is 0.495 e. The number of hydrogen-bond donors (Lipinski definition) is 1. The van der Waals surface area contributed by atoms with Gasteiger partial charge in [0.2, 0.25) is 5.91 Å². The summed E-state index contributed by atoms with van der Waals surface area (Å²) in [5, 5.41) is 3.06. The summed E-state index contributed by atoms with van der Waals surface area (Å²) in [5.74, 6) is 2.70. The number of amides is 1. The molecule has 0 spiro atoms. The maximum Gasteiger partial charge on any atom is 0.227 e. The number of methoxy groups -OCH3 is 1. The van der Waals surface area contributed by atoms with Crippen molar-refractivity contribution < 1.29 is 9.53 Å². The molecule has 0 radical (unpaired) electrons. The van der Waals surface area contributed by atoms with Crippen molar-refractivity contribution in [1.82, 2.24) is 0 Å². The number of fused-ring (bicyclic) bond motifs is 1. The lowest BCUT2D eigenvalue weighted by Crippen LogP contribution is -2.22. The van der Waals surface area contributed by atoms with E-state index in [9.17, 15) is 4.79 Å². The van der Waals surface area contributed by atoms with Gasteiger partial charge in [-0.1, -0.05) is 15.9 Å². The maximum atomic E-state index is 12.3. The van der Waals surface area contributed by atoms with Gasteiger partial charge < -0.3 is 10.1 Å². The minimum Gasteiger partial charge on any atom is -0.495 e. The van der Waals surface area contributed by atoms with Gasteiger partial charge in [-0.25, -0.2) is 0 Å². The number of carbonyl (C=O) groups is 1. The van der Waals surface area contributed by atoms with Gasteiger partial charge in [0, 0.05) is 10.4 Å². The molecular weight excluding hydrogens is 306 g/mol. The summed E-state index contributed by atoms with van der Waals surface area (Å²) in [7, 11) is 1.63. The topological polar surface area (TPSA) is 38.3 Å². The number of nitrogens with one attached hydrogen (secondary N) is 1. The summed E-state index contributed by atoms with van der Waals surface area (Å²) in [6, 6.07) is 3.87. The quantitative estimate of drug-likeness (QED) is 0.919. The summed E-state index contributed by atoms with van der Waals surface area (Å²) in [6.07, 6.45) is 3.47. The molecule has 2 unspecified atom stereocenters. The number of anilines is 1. The molecule has 3 nitrogen and oxygen atoms in total. The molecule has 2 atom stereocenters. The first kappa shape index (κ1) is 13.0. The van der Waals surface area contributed by atoms with Crippen LogP contribution in [0.15, 0.2) is 16.6 Å². The van der Waals surface area contributed by atoms with Crippen LogP contribution in [0.3, 0.4) is 0 Å². The molecule has 2 aliphatic carbocycles. The zero-order valence-corrected chi connectivity index (χ0v) is 12.8. The number of halogens is 1. The van der Waals surface area contributed by atoms with Gasteiger partial charge >= 0.3 is 0 Å². The van der Waals surface area contributed by atoms with Crippen molar-refractivity contribution >= 4 is 27.5 Å². The number of rotatable bonds is 3. The Bertz CT molecular complexity index is 519. The molecule has 1 aromatic rings. The molecule has 102 valence electrons. The third-order valence-corrected chi connectivity index (χ3v) is 4.80. The van der Waals surface area contributed by atoms with Crippen LogP contribution in [0.1, 0.15) is 24.8 Å². The Kier molecular flexibility index (Phi) is 3.29. The molecule has 1 aromatic carbocycles. The second kappa shape index (κ2) is 4.82. The van der Waals surface area contributed by atoms with Crippen LogP contribution in [0.4, 0.5) is 5.69 Å². The van der Waals surface area contributed by atoms with Crippen molar-refractivity contribution in [3.05, 3.63) is 22.2 Å². The minimum atomic E-state index is 0.149. The van der Waals surface area contributed by atoms with Crippen molar-refractivity contribution in [1.29, 1.82) is 0 Å².